The summed E-state index contributed by atoms with van der Waals surface area (Å²) >= 11 is 0. The first kappa shape index (κ1) is 8.11. The second-order valence-electron chi connectivity index (χ2n) is 2.82. The van der Waals surface area contributed by atoms with Gasteiger partial charge in [0.05, 0.1) is 7.11 Å². The lowest BCUT2D eigenvalue weighted by Crippen LogP contribution is -2.33. The van der Waals surface area contributed by atoms with Gasteiger partial charge in [-0.2, -0.15) is 0 Å². The Labute approximate surface area is 66.6 Å². The Balaban J connectivity index is 2.64. The molecule has 0 aliphatic carbocycles. The topological polar surface area (TPSA) is 29.5 Å². The summed E-state index contributed by atoms with van der Waals surface area (Å²) in [5, 5.41) is 0. The maximum Gasteiger partial charge on any atom is 0.289 e. The van der Waals surface area contributed by atoms with Crippen molar-refractivity contribution in [1.82, 2.24) is 4.90 Å². The van der Waals surface area contributed by atoms with Gasteiger partial charge in [0, 0.05) is 12.6 Å². The number of methoxy groups -OCH3 is 1. The highest BCUT2D eigenvalue weighted by Gasteiger charge is 2.25. The van der Waals surface area contributed by atoms with Gasteiger partial charge in [-0.25, -0.2) is 0 Å². The van der Waals surface area contributed by atoms with Crippen LogP contribution in [-0.2, 0) is 9.53 Å². The zero-order valence-corrected chi connectivity index (χ0v) is 7.13. The zero-order chi connectivity index (χ0) is 8.43. The quantitative estimate of drug-likeness (QED) is 0.589. The van der Waals surface area contributed by atoms with E-state index in [4.69, 9.17) is 4.74 Å². The SMILES string of the molecule is COC1=CCN(C(C)C)C1=O. The molecule has 0 fully saturated rings. The standard InChI is InChI=1S/C8H13NO2/c1-6(2)9-5-4-7(11-3)8(9)10/h4,6H,5H2,1-3H3. The lowest BCUT2D eigenvalue weighted by atomic mass is 10.3. The molecule has 62 valence electrons. The molecule has 1 aliphatic rings. The van der Waals surface area contributed by atoms with Gasteiger partial charge in [-0.3, -0.25) is 4.79 Å². The van der Waals surface area contributed by atoms with E-state index >= 15 is 0 Å². The molecule has 3 nitrogen and oxygen atoms in total. The Morgan fingerprint density at radius 1 is 1.64 bits per heavy atom. The molecule has 0 bridgehead atoms. The average molecular weight is 155 g/mol. The first-order valence-corrected chi connectivity index (χ1v) is 3.72. The van der Waals surface area contributed by atoms with Crippen LogP contribution in [0.1, 0.15) is 13.8 Å². The number of ether oxygens (including phenoxy) is 1. The fourth-order valence-electron chi connectivity index (χ4n) is 1.11. The normalized spacial score (nSPS) is 17.6. The molecule has 0 saturated carbocycles. The molecular formula is C8H13NO2. The van der Waals surface area contributed by atoms with Crippen molar-refractivity contribution in [2.45, 2.75) is 19.9 Å². The van der Waals surface area contributed by atoms with Crippen molar-refractivity contribution in [3.8, 4) is 0 Å². The van der Waals surface area contributed by atoms with Gasteiger partial charge >= 0.3 is 0 Å². The highest BCUT2D eigenvalue weighted by molar-refractivity contribution is 5.94. The Hall–Kier alpha value is -0.990. The third-order valence-electron chi connectivity index (χ3n) is 1.79. The molecule has 1 aliphatic heterocycles. The van der Waals surface area contributed by atoms with Crippen LogP contribution in [0.5, 0.6) is 0 Å². The van der Waals surface area contributed by atoms with Gasteiger partial charge in [0.25, 0.3) is 5.91 Å². The van der Waals surface area contributed by atoms with Gasteiger partial charge in [-0.05, 0) is 19.9 Å². The van der Waals surface area contributed by atoms with Crippen LogP contribution in [0.15, 0.2) is 11.8 Å². The molecule has 0 aromatic carbocycles. The second kappa shape index (κ2) is 2.95. The van der Waals surface area contributed by atoms with Gasteiger partial charge in [-0.1, -0.05) is 0 Å². The van der Waals surface area contributed by atoms with Crippen LogP contribution >= 0.6 is 0 Å². The number of amides is 1. The molecule has 0 aromatic heterocycles. The van der Waals surface area contributed by atoms with Crippen LogP contribution < -0.4 is 0 Å². The summed E-state index contributed by atoms with van der Waals surface area (Å²) in [5.74, 6) is 0.473. The van der Waals surface area contributed by atoms with Crippen LogP contribution in [-0.4, -0.2) is 30.5 Å². The molecule has 1 amide bonds. The summed E-state index contributed by atoms with van der Waals surface area (Å²) in [6.07, 6.45) is 1.81. The van der Waals surface area contributed by atoms with Crippen LogP contribution in [0.25, 0.3) is 0 Å². The first-order valence-electron chi connectivity index (χ1n) is 3.72. The molecule has 0 unspecified atom stereocenters. The molecule has 3 heteroatoms. The lowest BCUT2D eigenvalue weighted by molar-refractivity contribution is -0.129. The van der Waals surface area contributed by atoms with Crippen LogP contribution in [0, 0.1) is 0 Å². The van der Waals surface area contributed by atoms with E-state index in [1.807, 2.05) is 19.9 Å². The highest BCUT2D eigenvalue weighted by Crippen LogP contribution is 2.13. The molecule has 1 rings (SSSR count). The van der Waals surface area contributed by atoms with E-state index < -0.39 is 0 Å². The van der Waals surface area contributed by atoms with E-state index in [9.17, 15) is 4.79 Å². The molecule has 0 aromatic rings. The summed E-state index contributed by atoms with van der Waals surface area (Å²) in [5.41, 5.74) is 0. The van der Waals surface area contributed by atoms with Crippen molar-refractivity contribution in [1.29, 1.82) is 0 Å². The second-order valence-corrected chi connectivity index (χ2v) is 2.82. The highest BCUT2D eigenvalue weighted by atomic mass is 16.5. The lowest BCUT2D eigenvalue weighted by Gasteiger charge is -2.20. The Morgan fingerprint density at radius 3 is 2.55 bits per heavy atom. The van der Waals surface area contributed by atoms with E-state index in [1.165, 1.54) is 7.11 Å². The van der Waals surface area contributed by atoms with Gasteiger partial charge in [0.2, 0.25) is 0 Å². The van der Waals surface area contributed by atoms with Crippen LogP contribution in [0.2, 0.25) is 0 Å². The summed E-state index contributed by atoms with van der Waals surface area (Å²) in [7, 11) is 1.52. The number of hydrogen-bond acceptors (Lipinski definition) is 2. The van der Waals surface area contributed by atoms with E-state index in [1.54, 1.807) is 4.90 Å². The summed E-state index contributed by atoms with van der Waals surface area (Å²) in [6, 6.07) is 0.256. The molecule has 1 heterocycles. The maximum absolute atomic E-state index is 11.3. The van der Waals surface area contributed by atoms with Crippen molar-refractivity contribution < 1.29 is 9.53 Å². The Kier molecular flexibility index (Phi) is 2.17. The number of nitrogens with zero attached hydrogens (tertiary/aromatic N) is 1. The largest absolute Gasteiger partial charge is 0.491 e. The van der Waals surface area contributed by atoms with Gasteiger partial charge < -0.3 is 9.64 Å². The predicted molar refractivity (Wildman–Crippen MR) is 41.9 cm³/mol. The van der Waals surface area contributed by atoms with Crippen LogP contribution in [0.4, 0.5) is 0 Å². The summed E-state index contributed by atoms with van der Waals surface area (Å²) in [4.78, 5) is 13.1. The van der Waals surface area contributed by atoms with E-state index in [0.29, 0.717) is 12.3 Å². The molecule has 11 heavy (non-hydrogen) atoms. The van der Waals surface area contributed by atoms with Crippen LogP contribution in [0.3, 0.4) is 0 Å². The monoisotopic (exact) mass is 155 g/mol. The number of rotatable bonds is 2. The summed E-state index contributed by atoms with van der Waals surface area (Å²) < 4.78 is 4.87. The van der Waals surface area contributed by atoms with Gasteiger partial charge in [0.15, 0.2) is 5.76 Å². The smallest absolute Gasteiger partial charge is 0.289 e. The van der Waals surface area contributed by atoms with Crippen molar-refractivity contribution in [3.05, 3.63) is 11.8 Å². The van der Waals surface area contributed by atoms with Crippen molar-refractivity contribution in [2.24, 2.45) is 0 Å². The molecule has 0 atom stereocenters. The molecule has 0 N–H and O–H groups in total. The number of carbonyl (C=O) groups excluding carboxylic acids is 1. The minimum absolute atomic E-state index is 0.00231. The Morgan fingerprint density at radius 2 is 2.27 bits per heavy atom. The van der Waals surface area contributed by atoms with Gasteiger partial charge in [-0.15, -0.1) is 0 Å². The third kappa shape index (κ3) is 1.37. The molecule has 0 saturated heterocycles. The van der Waals surface area contributed by atoms with E-state index in [-0.39, 0.29) is 11.9 Å². The van der Waals surface area contributed by atoms with Crippen molar-refractivity contribution in [2.75, 3.05) is 13.7 Å². The Bertz CT molecular complexity index is 196. The molecule has 0 spiro atoms. The van der Waals surface area contributed by atoms with E-state index in [0.717, 1.165) is 0 Å². The summed E-state index contributed by atoms with van der Waals surface area (Å²) in [6.45, 7) is 4.66. The minimum atomic E-state index is 0.00231. The molecule has 0 radical (unpaired) electrons. The maximum atomic E-state index is 11.3. The average Bonchev–Trinajstić information content (AvgIpc) is 2.30. The predicted octanol–water partition coefficient (Wildman–Crippen LogP) is 0.767. The fourth-order valence-corrected chi connectivity index (χ4v) is 1.11. The minimum Gasteiger partial charge on any atom is -0.491 e. The number of carbonyl (C=O) groups is 1. The van der Waals surface area contributed by atoms with E-state index in [2.05, 4.69) is 0 Å². The third-order valence-corrected chi connectivity index (χ3v) is 1.79. The number of hydrogen-bond donors (Lipinski definition) is 0. The van der Waals surface area contributed by atoms with Crippen molar-refractivity contribution in [3.63, 3.8) is 0 Å². The van der Waals surface area contributed by atoms with Gasteiger partial charge in [0.1, 0.15) is 0 Å². The first-order chi connectivity index (χ1) is 5.16. The van der Waals surface area contributed by atoms with Crippen molar-refractivity contribution >= 4 is 5.91 Å². The zero-order valence-electron chi connectivity index (χ0n) is 7.13. The molecular weight excluding hydrogens is 142 g/mol. The fraction of sp³-hybridized carbons (Fsp3) is 0.625.